The molecule has 6 nitrogen and oxygen atoms in total. The van der Waals surface area contributed by atoms with Crippen LogP contribution in [0, 0.1) is 17.5 Å². The van der Waals surface area contributed by atoms with Gasteiger partial charge in [-0.15, -0.1) is 0 Å². The molecule has 1 saturated heterocycles. The first-order chi connectivity index (χ1) is 13.9. The molecule has 0 saturated carbocycles. The van der Waals surface area contributed by atoms with Gasteiger partial charge >= 0.3 is 6.03 Å². The molecular weight excluding hydrogens is 385 g/mol. The van der Waals surface area contributed by atoms with Crippen LogP contribution in [0.2, 0.25) is 0 Å². The Morgan fingerprint density at radius 2 is 1.72 bits per heavy atom. The van der Waals surface area contributed by atoms with Gasteiger partial charge in [0.1, 0.15) is 17.5 Å². The lowest BCUT2D eigenvalue weighted by atomic mass is 10.0. The highest BCUT2D eigenvalue weighted by Crippen LogP contribution is 2.23. The number of hydrogen-bond donors (Lipinski definition) is 1. The first-order valence-electron chi connectivity index (χ1n) is 9.10. The van der Waals surface area contributed by atoms with E-state index >= 15 is 0 Å². The second kappa shape index (κ2) is 7.57. The number of likely N-dealkylation sites (tertiary alicyclic amines) is 1. The standard InChI is InChI=1S/C20H17F3N4O2/c21-12-2-4-17(16(23)9-12)25-20(29)26-7-5-14(6-8-26)27-11-24-18-10-13(22)1-3-15(18)19(27)28/h1-4,9-11,14H,5-8H2,(H,25,29). The summed E-state index contributed by atoms with van der Waals surface area (Å²) in [6.45, 7) is 0.709. The Labute approximate surface area is 163 Å². The van der Waals surface area contributed by atoms with Crippen molar-refractivity contribution in [2.75, 3.05) is 18.4 Å². The molecule has 1 N–H and O–H groups in total. The molecule has 29 heavy (non-hydrogen) atoms. The van der Waals surface area contributed by atoms with Crippen molar-refractivity contribution >= 4 is 22.6 Å². The summed E-state index contributed by atoms with van der Waals surface area (Å²) in [6, 6.07) is 6.13. The fraction of sp³-hybridized carbons (Fsp3) is 0.250. The predicted octanol–water partition coefficient (Wildman–Crippen LogP) is 3.68. The Bertz CT molecular complexity index is 1140. The monoisotopic (exact) mass is 402 g/mol. The molecule has 0 atom stereocenters. The van der Waals surface area contributed by atoms with Gasteiger partial charge in [-0.2, -0.15) is 0 Å². The number of benzene rings is 2. The summed E-state index contributed by atoms with van der Waals surface area (Å²) in [5.74, 6) is -2.03. The third-order valence-corrected chi connectivity index (χ3v) is 5.06. The van der Waals surface area contributed by atoms with Crippen LogP contribution in [0.1, 0.15) is 18.9 Å². The number of nitrogens with zero attached hydrogens (tertiary/aromatic N) is 3. The second-order valence-electron chi connectivity index (χ2n) is 6.89. The lowest BCUT2D eigenvalue weighted by Gasteiger charge is -2.32. The number of rotatable bonds is 2. The van der Waals surface area contributed by atoms with Crippen LogP contribution in [0.25, 0.3) is 10.9 Å². The van der Waals surface area contributed by atoms with Gasteiger partial charge in [0.15, 0.2) is 0 Å². The van der Waals surface area contributed by atoms with E-state index in [1.165, 1.54) is 40.1 Å². The Morgan fingerprint density at radius 3 is 2.45 bits per heavy atom. The summed E-state index contributed by atoms with van der Waals surface area (Å²) < 4.78 is 41.5. The van der Waals surface area contributed by atoms with Crippen LogP contribution in [0.5, 0.6) is 0 Å². The van der Waals surface area contributed by atoms with Gasteiger partial charge in [-0.3, -0.25) is 9.36 Å². The van der Waals surface area contributed by atoms with Crippen LogP contribution in [0.3, 0.4) is 0 Å². The smallest absolute Gasteiger partial charge is 0.321 e. The minimum absolute atomic E-state index is 0.0966. The number of amides is 2. The Kier molecular flexibility index (Phi) is 4.96. The molecule has 0 radical (unpaired) electrons. The number of carbonyl (C=O) groups excluding carboxylic acids is 1. The van der Waals surface area contributed by atoms with Crippen LogP contribution in [-0.2, 0) is 0 Å². The average Bonchev–Trinajstić information content (AvgIpc) is 2.70. The number of aromatic nitrogens is 2. The van der Waals surface area contributed by atoms with E-state index in [2.05, 4.69) is 10.3 Å². The molecule has 2 aromatic carbocycles. The minimum atomic E-state index is -0.849. The molecule has 0 aliphatic carbocycles. The predicted molar refractivity (Wildman–Crippen MR) is 101 cm³/mol. The lowest BCUT2D eigenvalue weighted by molar-refractivity contribution is 0.182. The molecule has 1 aliphatic heterocycles. The molecule has 150 valence electrons. The number of carbonyl (C=O) groups is 1. The van der Waals surface area contributed by atoms with E-state index in [4.69, 9.17) is 0 Å². The minimum Gasteiger partial charge on any atom is -0.324 e. The maximum atomic E-state index is 13.7. The van der Waals surface area contributed by atoms with Crippen LogP contribution in [0.15, 0.2) is 47.5 Å². The number of fused-ring (bicyclic) bond motifs is 1. The van der Waals surface area contributed by atoms with Crippen molar-refractivity contribution in [2.24, 2.45) is 0 Å². The number of hydrogen-bond acceptors (Lipinski definition) is 3. The summed E-state index contributed by atoms with van der Waals surface area (Å²) >= 11 is 0. The lowest BCUT2D eigenvalue weighted by Crippen LogP contribution is -2.43. The highest BCUT2D eigenvalue weighted by molar-refractivity contribution is 5.89. The van der Waals surface area contributed by atoms with Gasteiger partial charge in [0.2, 0.25) is 0 Å². The van der Waals surface area contributed by atoms with Gasteiger partial charge in [0.25, 0.3) is 5.56 Å². The summed E-state index contributed by atoms with van der Waals surface area (Å²) in [4.78, 5) is 30.7. The first-order valence-corrected chi connectivity index (χ1v) is 9.10. The molecule has 0 bridgehead atoms. The average molecular weight is 402 g/mol. The third kappa shape index (κ3) is 3.80. The maximum absolute atomic E-state index is 13.7. The fourth-order valence-corrected chi connectivity index (χ4v) is 3.50. The molecule has 2 amide bonds. The van der Waals surface area contributed by atoms with Crippen molar-refractivity contribution in [3.63, 3.8) is 0 Å². The van der Waals surface area contributed by atoms with Crippen LogP contribution >= 0.6 is 0 Å². The van der Waals surface area contributed by atoms with Gasteiger partial charge in [0.05, 0.1) is 22.9 Å². The Balaban J connectivity index is 1.45. The number of anilines is 1. The maximum Gasteiger partial charge on any atom is 0.321 e. The van der Waals surface area contributed by atoms with E-state index in [0.29, 0.717) is 42.9 Å². The Morgan fingerprint density at radius 1 is 1.03 bits per heavy atom. The number of urea groups is 1. The molecule has 0 spiro atoms. The molecule has 3 aromatic rings. The van der Waals surface area contributed by atoms with Gasteiger partial charge < -0.3 is 10.2 Å². The van der Waals surface area contributed by atoms with Gasteiger partial charge in [0, 0.05) is 31.3 Å². The molecule has 1 fully saturated rings. The molecule has 1 aromatic heterocycles. The van der Waals surface area contributed by atoms with Crippen LogP contribution < -0.4 is 10.9 Å². The van der Waals surface area contributed by atoms with Crippen molar-refractivity contribution < 1.29 is 18.0 Å². The fourth-order valence-electron chi connectivity index (χ4n) is 3.50. The molecule has 9 heteroatoms. The van der Waals surface area contributed by atoms with Crippen molar-refractivity contribution in [2.45, 2.75) is 18.9 Å². The number of piperidine rings is 1. The van der Waals surface area contributed by atoms with E-state index < -0.39 is 23.5 Å². The summed E-state index contributed by atoms with van der Waals surface area (Å²) in [7, 11) is 0. The second-order valence-corrected chi connectivity index (χ2v) is 6.89. The number of halogens is 3. The zero-order valence-electron chi connectivity index (χ0n) is 15.2. The van der Waals surface area contributed by atoms with E-state index in [0.717, 1.165) is 6.07 Å². The SMILES string of the molecule is O=C(Nc1ccc(F)cc1F)N1CCC(n2cnc3cc(F)ccc3c2=O)CC1. The van der Waals surface area contributed by atoms with Crippen molar-refractivity contribution in [1.82, 2.24) is 14.5 Å². The highest BCUT2D eigenvalue weighted by Gasteiger charge is 2.25. The number of nitrogens with one attached hydrogen (secondary N) is 1. The molecule has 1 aliphatic rings. The summed E-state index contributed by atoms with van der Waals surface area (Å²) in [6.07, 6.45) is 2.42. The topological polar surface area (TPSA) is 67.2 Å². The summed E-state index contributed by atoms with van der Waals surface area (Å²) in [5, 5.41) is 2.77. The van der Waals surface area contributed by atoms with Gasteiger partial charge in [-0.05, 0) is 37.1 Å². The Hall–Kier alpha value is -3.36. The first kappa shape index (κ1) is 19.0. The van der Waals surface area contributed by atoms with Gasteiger partial charge in [-0.25, -0.2) is 22.9 Å². The van der Waals surface area contributed by atoms with Crippen molar-refractivity contribution in [1.29, 1.82) is 0 Å². The largest absolute Gasteiger partial charge is 0.324 e. The quantitative estimate of drug-likeness (QED) is 0.711. The normalized spacial score (nSPS) is 14.9. The highest BCUT2D eigenvalue weighted by atomic mass is 19.1. The molecule has 2 heterocycles. The van der Waals surface area contributed by atoms with E-state index in [1.54, 1.807) is 0 Å². The van der Waals surface area contributed by atoms with E-state index in [9.17, 15) is 22.8 Å². The molecule has 4 rings (SSSR count). The zero-order chi connectivity index (χ0) is 20.5. The van der Waals surface area contributed by atoms with Gasteiger partial charge in [-0.1, -0.05) is 0 Å². The summed E-state index contributed by atoms with van der Waals surface area (Å²) in [5.41, 5.74) is -0.0589. The zero-order valence-corrected chi connectivity index (χ0v) is 15.2. The van der Waals surface area contributed by atoms with Crippen molar-refractivity contribution in [3.8, 4) is 0 Å². The molecule has 0 unspecified atom stereocenters. The van der Waals surface area contributed by atoms with Crippen LogP contribution in [0.4, 0.5) is 23.7 Å². The van der Waals surface area contributed by atoms with Crippen LogP contribution in [-0.4, -0.2) is 33.6 Å². The van der Waals surface area contributed by atoms with Crippen molar-refractivity contribution in [3.05, 3.63) is 70.5 Å². The molecular formula is C20H17F3N4O2. The third-order valence-electron chi connectivity index (χ3n) is 5.06. The van der Waals surface area contributed by atoms with E-state index in [1.807, 2.05) is 0 Å². The van der Waals surface area contributed by atoms with E-state index in [-0.39, 0.29) is 17.3 Å².